The molecule has 0 unspecified atom stereocenters. The van der Waals surface area contributed by atoms with Crippen LogP contribution in [0.5, 0.6) is 0 Å². The molecule has 10 heavy (non-hydrogen) atoms. The normalized spacial score (nSPS) is 9.30. The number of ketones is 1. The van der Waals surface area contributed by atoms with E-state index in [0.29, 0.717) is 13.0 Å². The summed E-state index contributed by atoms with van der Waals surface area (Å²) in [5, 5.41) is 0. The van der Waals surface area contributed by atoms with E-state index < -0.39 is 0 Å². The Bertz CT molecular complexity index is 112. The smallest absolute Gasteiger partial charge is 0.246 e. The lowest BCUT2D eigenvalue weighted by atomic mass is 10.2. The zero-order valence-corrected chi connectivity index (χ0v) is 6.93. The number of unbranched alkanes of at least 4 members (excludes halogenated alkanes) is 1. The van der Waals surface area contributed by atoms with Crippen molar-refractivity contribution in [2.75, 3.05) is 6.61 Å². The largest absolute Gasteiger partial charge is 0.419 e. The van der Waals surface area contributed by atoms with Crippen LogP contribution in [0.1, 0.15) is 19.3 Å². The van der Waals surface area contributed by atoms with E-state index in [1.54, 1.807) is 0 Å². The zero-order chi connectivity index (χ0) is 7.82. The number of carbonyl (C=O) groups is 1. The predicted octanol–water partition coefficient (Wildman–Crippen LogP) is 1.01. The number of allylic oxidation sites excluding steroid dienone is 1. The molecule has 0 aliphatic carbocycles. The molecule has 0 aromatic rings. The van der Waals surface area contributed by atoms with Gasteiger partial charge in [0.1, 0.15) is 0 Å². The molecule has 0 fully saturated rings. The van der Waals surface area contributed by atoms with Crippen LogP contribution in [0.15, 0.2) is 12.7 Å². The SMILES string of the molecule is C=CC(=O)CCCCO[Si]. The fourth-order valence-electron chi connectivity index (χ4n) is 0.576. The van der Waals surface area contributed by atoms with Crippen LogP contribution in [-0.4, -0.2) is 22.9 Å². The molecule has 0 rings (SSSR count). The van der Waals surface area contributed by atoms with Crippen LogP contribution in [-0.2, 0) is 9.22 Å². The highest BCUT2D eigenvalue weighted by Crippen LogP contribution is 1.96. The van der Waals surface area contributed by atoms with Gasteiger partial charge in [0.2, 0.25) is 10.5 Å². The molecule has 0 atom stereocenters. The third-order valence-electron chi connectivity index (χ3n) is 1.15. The van der Waals surface area contributed by atoms with Gasteiger partial charge in [0.15, 0.2) is 5.78 Å². The lowest BCUT2D eigenvalue weighted by Gasteiger charge is -1.95. The van der Waals surface area contributed by atoms with Crippen LogP contribution in [0.25, 0.3) is 0 Å². The van der Waals surface area contributed by atoms with Gasteiger partial charge in [0.05, 0.1) is 0 Å². The van der Waals surface area contributed by atoms with Crippen LogP contribution < -0.4 is 0 Å². The monoisotopic (exact) mass is 155 g/mol. The van der Waals surface area contributed by atoms with Gasteiger partial charge in [-0.2, -0.15) is 0 Å². The fraction of sp³-hybridized carbons (Fsp3) is 0.571. The van der Waals surface area contributed by atoms with Crippen LogP contribution in [0.2, 0.25) is 0 Å². The van der Waals surface area contributed by atoms with Gasteiger partial charge in [0, 0.05) is 13.0 Å². The number of rotatable bonds is 6. The summed E-state index contributed by atoms with van der Waals surface area (Å²) < 4.78 is 4.63. The summed E-state index contributed by atoms with van der Waals surface area (Å²) >= 11 is 0. The first-order chi connectivity index (χ1) is 4.81. The maximum atomic E-state index is 10.6. The minimum Gasteiger partial charge on any atom is -0.419 e. The van der Waals surface area contributed by atoms with Crippen molar-refractivity contribution in [3.05, 3.63) is 12.7 Å². The van der Waals surface area contributed by atoms with Crippen LogP contribution >= 0.6 is 0 Å². The molecule has 0 aromatic carbocycles. The Balaban J connectivity index is 3.03. The molecule has 0 bridgehead atoms. The number of carbonyl (C=O) groups excluding carboxylic acids is 1. The average molecular weight is 155 g/mol. The lowest BCUT2D eigenvalue weighted by Crippen LogP contribution is -1.94. The van der Waals surface area contributed by atoms with Crippen molar-refractivity contribution < 1.29 is 9.22 Å². The molecule has 0 saturated heterocycles. The van der Waals surface area contributed by atoms with E-state index in [1.165, 1.54) is 6.08 Å². The van der Waals surface area contributed by atoms with Gasteiger partial charge in [-0.15, -0.1) is 0 Å². The summed E-state index contributed by atoms with van der Waals surface area (Å²) in [6.45, 7) is 4.02. The van der Waals surface area contributed by atoms with E-state index >= 15 is 0 Å². The summed E-state index contributed by atoms with van der Waals surface area (Å²) in [5.74, 6) is 0.106. The Morgan fingerprint density at radius 2 is 2.30 bits per heavy atom. The summed E-state index contributed by atoms with van der Waals surface area (Å²) in [4.78, 5) is 10.6. The second kappa shape index (κ2) is 6.70. The van der Waals surface area contributed by atoms with E-state index in [9.17, 15) is 4.79 Å². The zero-order valence-electron chi connectivity index (χ0n) is 5.93. The molecule has 2 nitrogen and oxygen atoms in total. The van der Waals surface area contributed by atoms with Crippen molar-refractivity contribution in [1.82, 2.24) is 0 Å². The fourth-order valence-corrected chi connectivity index (χ4v) is 0.720. The molecule has 0 amide bonds. The van der Waals surface area contributed by atoms with Crippen molar-refractivity contribution in [1.29, 1.82) is 0 Å². The Kier molecular flexibility index (Phi) is 6.43. The highest BCUT2D eigenvalue weighted by molar-refractivity contribution is 5.97. The predicted molar refractivity (Wildman–Crippen MR) is 40.8 cm³/mol. The summed E-state index contributed by atoms with van der Waals surface area (Å²) in [6, 6.07) is 0. The molecule has 0 aromatic heterocycles. The summed E-state index contributed by atoms with van der Waals surface area (Å²) in [7, 11) is 2.87. The minimum atomic E-state index is 0.106. The van der Waals surface area contributed by atoms with E-state index in [1.807, 2.05) is 0 Å². The van der Waals surface area contributed by atoms with E-state index in [-0.39, 0.29) is 5.78 Å². The lowest BCUT2D eigenvalue weighted by molar-refractivity contribution is -0.114. The Morgan fingerprint density at radius 1 is 1.60 bits per heavy atom. The first-order valence-electron chi connectivity index (χ1n) is 3.25. The standard InChI is InChI=1S/C7H11O2Si/c1-2-7(8)5-3-4-6-9-10/h2H,1,3-6H2. The Hall–Kier alpha value is -0.413. The van der Waals surface area contributed by atoms with Crippen molar-refractivity contribution in [2.24, 2.45) is 0 Å². The molecule has 0 heterocycles. The van der Waals surface area contributed by atoms with Gasteiger partial charge in [-0.1, -0.05) is 6.58 Å². The maximum Gasteiger partial charge on any atom is 0.246 e. The van der Waals surface area contributed by atoms with Crippen molar-refractivity contribution in [2.45, 2.75) is 19.3 Å². The molecular formula is C7H11O2Si. The quantitative estimate of drug-likeness (QED) is 0.325. The van der Waals surface area contributed by atoms with Gasteiger partial charge in [-0.05, 0) is 18.9 Å². The molecule has 0 aliphatic heterocycles. The third-order valence-corrected chi connectivity index (χ3v) is 1.35. The summed E-state index contributed by atoms with van der Waals surface area (Å²) in [6.07, 6.45) is 3.71. The Morgan fingerprint density at radius 3 is 2.80 bits per heavy atom. The third kappa shape index (κ3) is 5.72. The van der Waals surface area contributed by atoms with Crippen molar-refractivity contribution >= 4 is 16.3 Å². The van der Waals surface area contributed by atoms with Gasteiger partial charge in [-0.3, -0.25) is 4.79 Å². The first-order valence-corrected chi connectivity index (χ1v) is 3.66. The highest BCUT2D eigenvalue weighted by Gasteiger charge is 1.93. The summed E-state index contributed by atoms with van der Waals surface area (Å²) in [5.41, 5.74) is 0. The van der Waals surface area contributed by atoms with Gasteiger partial charge in [0.25, 0.3) is 0 Å². The second-order valence-electron chi connectivity index (χ2n) is 1.98. The van der Waals surface area contributed by atoms with Crippen LogP contribution in [0, 0.1) is 0 Å². The Labute approximate surface area is 64.8 Å². The molecule has 3 heteroatoms. The van der Waals surface area contributed by atoms with Crippen LogP contribution in [0.4, 0.5) is 0 Å². The molecule has 0 aliphatic rings. The van der Waals surface area contributed by atoms with E-state index in [2.05, 4.69) is 21.5 Å². The topological polar surface area (TPSA) is 26.3 Å². The number of hydrogen-bond donors (Lipinski definition) is 0. The first kappa shape index (κ1) is 9.59. The molecule has 3 radical (unpaired) electrons. The van der Waals surface area contributed by atoms with Crippen LogP contribution in [0.3, 0.4) is 0 Å². The van der Waals surface area contributed by atoms with E-state index in [0.717, 1.165) is 12.8 Å². The van der Waals surface area contributed by atoms with Gasteiger partial charge < -0.3 is 4.43 Å². The highest BCUT2D eigenvalue weighted by atomic mass is 28.2. The van der Waals surface area contributed by atoms with Gasteiger partial charge >= 0.3 is 0 Å². The van der Waals surface area contributed by atoms with Gasteiger partial charge in [-0.25, -0.2) is 0 Å². The van der Waals surface area contributed by atoms with E-state index in [4.69, 9.17) is 0 Å². The van der Waals surface area contributed by atoms with Crippen molar-refractivity contribution in [3.63, 3.8) is 0 Å². The maximum absolute atomic E-state index is 10.6. The molecular weight excluding hydrogens is 144 g/mol. The second-order valence-corrected chi connectivity index (χ2v) is 2.26. The average Bonchev–Trinajstić information content (AvgIpc) is 1.98. The molecule has 0 spiro atoms. The molecule has 0 N–H and O–H groups in total. The minimum absolute atomic E-state index is 0.106. The molecule has 0 saturated carbocycles. The number of hydrogen-bond acceptors (Lipinski definition) is 2. The van der Waals surface area contributed by atoms with Crippen molar-refractivity contribution in [3.8, 4) is 0 Å². The molecule has 55 valence electrons.